The summed E-state index contributed by atoms with van der Waals surface area (Å²) in [5.74, 6) is 0.383. The van der Waals surface area contributed by atoms with E-state index >= 15 is 0 Å². The second kappa shape index (κ2) is 4.91. The lowest BCUT2D eigenvalue weighted by Gasteiger charge is -2.19. The van der Waals surface area contributed by atoms with Gasteiger partial charge in [0.25, 0.3) is 5.88 Å². The van der Waals surface area contributed by atoms with Gasteiger partial charge in [0.05, 0.1) is 23.9 Å². The zero-order valence-electron chi connectivity index (χ0n) is 8.41. The van der Waals surface area contributed by atoms with Gasteiger partial charge in [-0.25, -0.2) is 0 Å². The van der Waals surface area contributed by atoms with E-state index in [2.05, 4.69) is 8.75 Å². The van der Waals surface area contributed by atoms with Crippen LogP contribution in [-0.2, 0) is 4.74 Å². The van der Waals surface area contributed by atoms with Gasteiger partial charge < -0.3 is 9.47 Å². The summed E-state index contributed by atoms with van der Waals surface area (Å²) in [4.78, 5) is 0. The van der Waals surface area contributed by atoms with Crippen molar-refractivity contribution in [1.82, 2.24) is 8.75 Å². The summed E-state index contributed by atoms with van der Waals surface area (Å²) in [6.07, 6.45) is 0. The molecule has 14 heavy (non-hydrogen) atoms. The average Bonchev–Trinajstić information content (AvgIpc) is 2.44. The Bertz CT molecular complexity index is 285. The molecule has 0 unspecified atom stereocenters. The Morgan fingerprint density at radius 2 is 2.00 bits per heavy atom. The maximum atomic E-state index is 5.68. The SMILES string of the molecule is CC(C)(C)OCCOc1nsnc1Cl. The highest BCUT2D eigenvalue weighted by molar-refractivity contribution is 6.99. The van der Waals surface area contributed by atoms with Crippen LogP contribution in [0.2, 0.25) is 5.15 Å². The highest BCUT2D eigenvalue weighted by atomic mass is 35.5. The molecule has 0 aromatic carbocycles. The van der Waals surface area contributed by atoms with Crippen LogP contribution in [-0.4, -0.2) is 27.6 Å². The van der Waals surface area contributed by atoms with Crippen molar-refractivity contribution in [3.63, 3.8) is 0 Å². The van der Waals surface area contributed by atoms with Gasteiger partial charge in [0, 0.05) is 0 Å². The minimum absolute atomic E-state index is 0.145. The lowest BCUT2D eigenvalue weighted by molar-refractivity contribution is -0.0167. The summed E-state index contributed by atoms with van der Waals surface area (Å²) in [6, 6.07) is 0. The van der Waals surface area contributed by atoms with Gasteiger partial charge in [0.2, 0.25) is 5.15 Å². The lowest BCUT2D eigenvalue weighted by atomic mass is 10.2. The first-order valence-corrected chi connectivity index (χ1v) is 5.35. The quantitative estimate of drug-likeness (QED) is 0.753. The highest BCUT2D eigenvalue weighted by Crippen LogP contribution is 2.20. The van der Waals surface area contributed by atoms with E-state index in [1.807, 2.05) is 20.8 Å². The zero-order valence-corrected chi connectivity index (χ0v) is 9.98. The molecular formula is C8H13ClN2O2S. The van der Waals surface area contributed by atoms with E-state index < -0.39 is 0 Å². The van der Waals surface area contributed by atoms with Crippen molar-refractivity contribution in [1.29, 1.82) is 0 Å². The molecule has 0 N–H and O–H groups in total. The van der Waals surface area contributed by atoms with Crippen LogP contribution in [0.15, 0.2) is 0 Å². The van der Waals surface area contributed by atoms with Crippen LogP contribution >= 0.6 is 23.3 Å². The van der Waals surface area contributed by atoms with Gasteiger partial charge in [-0.3, -0.25) is 0 Å². The van der Waals surface area contributed by atoms with Crippen molar-refractivity contribution in [3.05, 3.63) is 5.15 Å². The molecule has 1 aromatic rings. The van der Waals surface area contributed by atoms with E-state index in [0.29, 0.717) is 24.2 Å². The lowest BCUT2D eigenvalue weighted by Crippen LogP contribution is -2.22. The molecule has 1 rings (SSSR count). The third kappa shape index (κ3) is 4.21. The van der Waals surface area contributed by atoms with Gasteiger partial charge in [-0.1, -0.05) is 11.6 Å². The summed E-state index contributed by atoms with van der Waals surface area (Å²) in [5, 5.41) is 0.311. The Hall–Kier alpha value is -0.390. The normalized spacial score (nSPS) is 11.7. The third-order valence-corrected chi connectivity index (χ3v) is 2.14. The van der Waals surface area contributed by atoms with Crippen molar-refractivity contribution in [3.8, 4) is 5.88 Å². The smallest absolute Gasteiger partial charge is 0.265 e. The second-order valence-electron chi connectivity index (χ2n) is 3.67. The fourth-order valence-electron chi connectivity index (χ4n) is 0.742. The second-order valence-corrected chi connectivity index (χ2v) is 4.56. The molecule has 0 radical (unpaired) electrons. The Labute approximate surface area is 92.5 Å². The first-order chi connectivity index (χ1) is 6.49. The molecule has 6 heteroatoms. The van der Waals surface area contributed by atoms with Crippen LogP contribution in [0.4, 0.5) is 0 Å². The molecule has 0 spiro atoms. The summed E-state index contributed by atoms with van der Waals surface area (Å²) in [5.41, 5.74) is -0.145. The predicted octanol–water partition coefficient (Wildman–Crippen LogP) is 2.39. The van der Waals surface area contributed by atoms with Crippen molar-refractivity contribution >= 4 is 23.3 Å². The molecule has 0 fully saturated rings. The van der Waals surface area contributed by atoms with Crippen LogP contribution in [0, 0.1) is 0 Å². The molecule has 0 bridgehead atoms. The number of nitrogens with zero attached hydrogens (tertiary/aromatic N) is 2. The van der Waals surface area contributed by atoms with Gasteiger partial charge >= 0.3 is 0 Å². The fourth-order valence-corrected chi connectivity index (χ4v) is 1.39. The summed E-state index contributed by atoms with van der Waals surface area (Å²) < 4.78 is 18.4. The molecule has 1 aromatic heterocycles. The minimum Gasteiger partial charge on any atom is -0.472 e. The maximum Gasteiger partial charge on any atom is 0.265 e. The van der Waals surface area contributed by atoms with Crippen molar-refractivity contribution < 1.29 is 9.47 Å². The van der Waals surface area contributed by atoms with E-state index in [4.69, 9.17) is 21.1 Å². The van der Waals surface area contributed by atoms with Gasteiger partial charge in [-0.2, -0.15) is 4.37 Å². The maximum absolute atomic E-state index is 5.68. The highest BCUT2D eigenvalue weighted by Gasteiger charge is 2.10. The Balaban J connectivity index is 2.20. The molecule has 80 valence electrons. The summed E-state index contributed by atoms with van der Waals surface area (Å²) in [6.45, 7) is 6.92. The van der Waals surface area contributed by atoms with Crippen molar-refractivity contribution in [2.45, 2.75) is 26.4 Å². The number of rotatable bonds is 4. The van der Waals surface area contributed by atoms with Crippen LogP contribution in [0.25, 0.3) is 0 Å². The number of ether oxygens (including phenoxy) is 2. The summed E-state index contributed by atoms with van der Waals surface area (Å²) in [7, 11) is 0. The number of halogens is 1. The Morgan fingerprint density at radius 1 is 1.29 bits per heavy atom. The molecule has 0 aliphatic rings. The largest absolute Gasteiger partial charge is 0.472 e. The third-order valence-electron chi connectivity index (χ3n) is 1.28. The van der Waals surface area contributed by atoms with E-state index in [-0.39, 0.29) is 5.60 Å². The van der Waals surface area contributed by atoms with Gasteiger partial charge in [-0.15, -0.1) is 4.37 Å². The number of hydrogen-bond acceptors (Lipinski definition) is 5. The van der Waals surface area contributed by atoms with Crippen molar-refractivity contribution in [2.24, 2.45) is 0 Å². The molecule has 0 aliphatic carbocycles. The molecule has 0 amide bonds. The van der Waals surface area contributed by atoms with Crippen LogP contribution < -0.4 is 4.74 Å². The van der Waals surface area contributed by atoms with Gasteiger partial charge in [-0.05, 0) is 20.8 Å². The minimum atomic E-state index is -0.145. The molecule has 1 heterocycles. The first-order valence-electron chi connectivity index (χ1n) is 4.24. The Kier molecular flexibility index (Phi) is 4.10. The van der Waals surface area contributed by atoms with E-state index in [9.17, 15) is 0 Å². The van der Waals surface area contributed by atoms with E-state index in [0.717, 1.165) is 11.7 Å². The standard InChI is InChI=1S/C8H13ClN2O2S/c1-8(2,3)13-5-4-12-7-6(9)10-14-11-7/h4-5H2,1-3H3. The van der Waals surface area contributed by atoms with E-state index in [1.54, 1.807) is 0 Å². The fraction of sp³-hybridized carbons (Fsp3) is 0.750. The zero-order chi connectivity index (χ0) is 10.6. The monoisotopic (exact) mass is 236 g/mol. The van der Waals surface area contributed by atoms with Crippen molar-refractivity contribution in [2.75, 3.05) is 13.2 Å². The first kappa shape index (κ1) is 11.7. The number of aromatic nitrogens is 2. The van der Waals surface area contributed by atoms with Crippen LogP contribution in [0.3, 0.4) is 0 Å². The molecule has 0 saturated heterocycles. The average molecular weight is 237 g/mol. The van der Waals surface area contributed by atoms with Crippen LogP contribution in [0.5, 0.6) is 5.88 Å². The molecule has 0 saturated carbocycles. The van der Waals surface area contributed by atoms with Crippen LogP contribution in [0.1, 0.15) is 20.8 Å². The number of hydrogen-bond donors (Lipinski definition) is 0. The Morgan fingerprint density at radius 3 is 2.50 bits per heavy atom. The predicted molar refractivity (Wildman–Crippen MR) is 56.1 cm³/mol. The summed E-state index contributed by atoms with van der Waals surface area (Å²) >= 11 is 6.71. The van der Waals surface area contributed by atoms with E-state index in [1.165, 1.54) is 0 Å². The molecular weight excluding hydrogens is 224 g/mol. The van der Waals surface area contributed by atoms with Gasteiger partial charge in [0.15, 0.2) is 0 Å². The molecule has 4 nitrogen and oxygen atoms in total. The topological polar surface area (TPSA) is 44.2 Å². The molecule has 0 atom stereocenters. The van der Waals surface area contributed by atoms with Gasteiger partial charge in [0.1, 0.15) is 6.61 Å². The molecule has 0 aliphatic heterocycles.